The highest BCUT2D eigenvalue weighted by Gasteiger charge is 2.36. The zero-order valence-corrected chi connectivity index (χ0v) is 14.1. The van der Waals surface area contributed by atoms with E-state index in [1.807, 2.05) is 0 Å². The Morgan fingerprint density at radius 2 is 1.65 bits per heavy atom. The third kappa shape index (κ3) is 3.97. The molecule has 0 bridgehead atoms. The van der Waals surface area contributed by atoms with E-state index in [0.29, 0.717) is 12.0 Å². The second-order valence-electron chi connectivity index (χ2n) is 7.21. The van der Waals surface area contributed by atoms with Crippen molar-refractivity contribution < 1.29 is 8.42 Å². The highest BCUT2D eigenvalue weighted by atomic mass is 32.2. The van der Waals surface area contributed by atoms with Gasteiger partial charge in [0.05, 0.1) is 5.25 Å². The van der Waals surface area contributed by atoms with Crippen molar-refractivity contribution in [2.45, 2.75) is 69.6 Å². The first kappa shape index (κ1) is 16.3. The number of hydrogen-bond donors (Lipinski definition) is 1. The Kier molecular flexibility index (Phi) is 5.52. The first-order valence-corrected chi connectivity index (χ1v) is 10.2. The molecule has 3 atom stereocenters. The molecule has 0 radical (unpaired) electrons. The molecule has 0 aromatic rings. The fraction of sp³-hybridized carbons (Fsp3) is 1.00. The average Bonchev–Trinajstić information content (AvgIpc) is 2.41. The van der Waals surface area contributed by atoms with E-state index in [2.05, 4.69) is 19.3 Å². The topological polar surface area (TPSA) is 46.2 Å². The van der Waals surface area contributed by atoms with Crippen LogP contribution in [0.15, 0.2) is 0 Å². The van der Waals surface area contributed by atoms with Crippen LogP contribution in [0.1, 0.15) is 58.3 Å². The number of hydrogen-bond acceptors (Lipinski definition) is 3. The van der Waals surface area contributed by atoms with Crippen molar-refractivity contribution in [3.05, 3.63) is 0 Å². The molecule has 3 nitrogen and oxygen atoms in total. The third-order valence-electron chi connectivity index (χ3n) is 5.68. The van der Waals surface area contributed by atoms with Crippen molar-refractivity contribution in [3.63, 3.8) is 0 Å². The summed E-state index contributed by atoms with van der Waals surface area (Å²) in [7, 11) is -0.806. The number of nitrogens with one attached hydrogen (secondary N) is 1. The van der Waals surface area contributed by atoms with Crippen LogP contribution >= 0.6 is 0 Å². The summed E-state index contributed by atoms with van der Waals surface area (Å²) in [4.78, 5) is 0. The van der Waals surface area contributed by atoms with E-state index in [9.17, 15) is 8.42 Å². The Balaban J connectivity index is 2.00. The smallest absolute Gasteiger partial charge is 0.150 e. The normalized spacial score (nSPS) is 37.5. The maximum absolute atomic E-state index is 11.8. The summed E-state index contributed by atoms with van der Waals surface area (Å²) in [5.41, 5.74) is 0. The van der Waals surface area contributed by atoms with Crippen LogP contribution in [0.3, 0.4) is 0 Å². The highest BCUT2D eigenvalue weighted by Crippen LogP contribution is 2.38. The monoisotopic (exact) mass is 301 g/mol. The van der Waals surface area contributed by atoms with E-state index in [1.165, 1.54) is 38.4 Å². The van der Waals surface area contributed by atoms with E-state index >= 15 is 0 Å². The van der Waals surface area contributed by atoms with Gasteiger partial charge in [-0.3, -0.25) is 0 Å². The molecule has 0 saturated heterocycles. The number of sulfone groups is 1. The van der Waals surface area contributed by atoms with Gasteiger partial charge >= 0.3 is 0 Å². The van der Waals surface area contributed by atoms with Crippen molar-refractivity contribution in [1.29, 1.82) is 0 Å². The molecule has 2 aliphatic rings. The van der Waals surface area contributed by atoms with Gasteiger partial charge in [-0.2, -0.15) is 0 Å². The van der Waals surface area contributed by atoms with Crippen LogP contribution in [0, 0.1) is 17.8 Å². The average molecular weight is 301 g/mol. The largest absolute Gasteiger partial charge is 0.316 e. The molecule has 2 rings (SSSR count). The summed E-state index contributed by atoms with van der Waals surface area (Å²) >= 11 is 0. The number of rotatable bonds is 4. The van der Waals surface area contributed by atoms with Gasteiger partial charge in [-0.15, -0.1) is 0 Å². The quantitative estimate of drug-likeness (QED) is 0.868. The van der Waals surface area contributed by atoms with Crippen molar-refractivity contribution in [2.75, 3.05) is 13.3 Å². The van der Waals surface area contributed by atoms with Crippen LogP contribution in [0.4, 0.5) is 0 Å². The van der Waals surface area contributed by atoms with Crippen LogP contribution in [0.25, 0.3) is 0 Å². The van der Waals surface area contributed by atoms with E-state index in [-0.39, 0.29) is 5.25 Å². The van der Waals surface area contributed by atoms with E-state index < -0.39 is 9.84 Å². The van der Waals surface area contributed by atoms with E-state index in [1.54, 1.807) is 0 Å². The van der Waals surface area contributed by atoms with Crippen LogP contribution in [-0.4, -0.2) is 33.0 Å². The first-order valence-electron chi connectivity index (χ1n) is 8.28. The lowest BCUT2D eigenvalue weighted by molar-refractivity contribution is 0.164. The van der Waals surface area contributed by atoms with Gasteiger partial charge in [0.1, 0.15) is 9.84 Å². The minimum Gasteiger partial charge on any atom is -0.316 e. The molecule has 2 saturated carbocycles. The Morgan fingerprint density at radius 3 is 2.20 bits per heavy atom. The van der Waals surface area contributed by atoms with Gasteiger partial charge < -0.3 is 5.32 Å². The standard InChI is InChI=1S/C16H31NO2S/c1-12-7-9-13(10-8-12)16(17-2)14-5-4-6-15(11-14)20(3,18)19/h12-17H,4-11H2,1-3H3. The van der Waals surface area contributed by atoms with Gasteiger partial charge in [0.2, 0.25) is 0 Å². The van der Waals surface area contributed by atoms with Crippen molar-refractivity contribution in [2.24, 2.45) is 17.8 Å². The molecule has 2 fully saturated rings. The maximum atomic E-state index is 11.8. The Labute approximate surface area is 124 Å². The zero-order valence-electron chi connectivity index (χ0n) is 13.3. The SMILES string of the molecule is CNC(C1CCC(C)CC1)C1CCCC(S(C)(=O)=O)C1. The minimum atomic E-state index is -2.87. The molecule has 0 amide bonds. The van der Waals surface area contributed by atoms with Gasteiger partial charge in [0.15, 0.2) is 0 Å². The van der Waals surface area contributed by atoms with E-state index in [4.69, 9.17) is 0 Å². The van der Waals surface area contributed by atoms with Gasteiger partial charge in [0, 0.05) is 12.3 Å². The Hall–Kier alpha value is -0.0900. The summed E-state index contributed by atoms with van der Waals surface area (Å²) < 4.78 is 23.7. The predicted octanol–water partition coefficient (Wildman–Crippen LogP) is 3.00. The molecule has 3 unspecified atom stereocenters. The minimum absolute atomic E-state index is 0.0976. The summed E-state index contributed by atoms with van der Waals surface area (Å²) in [6.45, 7) is 2.35. The Morgan fingerprint density at radius 1 is 1.00 bits per heavy atom. The zero-order chi connectivity index (χ0) is 14.8. The molecule has 0 aromatic carbocycles. The van der Waals surface area contributed by atoms with Crippen LogP contribution in [0.2, 0.25) is 0 Å². The molecule has 0 heterocycles. The van der Waals surface area contributed by atoms with Crippen LogP contribution in [-0.2, 0) is 9.84 Å². The molecule has 0 aromatic heterocycles. The van der Waals surface area contributed by atoms with Crippen LogP contribution in [0.5, 0.6) is 0 Å². The predicted molar refractivity (Wildman–Crippen MR) is 84.6 cm³/mol. The summed E-state index contributed by atoms with van der Waals surface area (Å²) in [5.74, 6) is 2.17. The van der Waals surface area contributed by atoms with Gasteiger partial charge in [-0.1, -0.05) is 26.2 Å². The highest BCUT2D eigenvalue weighted by molar-refractivity contribution is 7.91. The second kappa shape index (κ2) is 6.78. The van der Waals surface area contributed by atoms with Crippen molar-refractivity contribution in [3.8, 4) is 0 Å². The fourth-order valence-corrected chi connectivity index (χ4v) is 5.59. The first-order chi connectivity index (χ1) is 9.41. The fourth-order valence-electron chi connectivity index (χ4n) is 4.40. The van der Waals surface area contributed by atoms with Crippen LogP contribution < -0.4 is 5.32 Å². The summed E-state index contributed by atoms with van der Waals surface area (Å²) in [6, 6.07) is 0.520. The molecular formula is C16H31NO2S. The lowest BCUT2D eigenvalue weighted by Gasteiger charge is -2.40. The molecule has 4 heteroatoms. The maximum Gasteiger partial charge on any atom is 0.150 e. The van der Waals surface area contributed by atoms with Gasteiger partial charge in [-0.25, -0.2) is 8.42 Å². The molecule has 0 aliphatic heterocycles. The summed E-state index contributed by atoms with van der Waals surface area (Å²) in [5, 5.41) is 3.44. The molecular weight excluding hydrogens is 270 g/mol. The molecule has 2 aliphatic carbocycles. The lowest BCUT2D eigenvalue weighted by atomic mass is 9.72. The summed E-state index contributed by atoms with van der Waals surface area (Å²) in [6.07, 6.45) is 10.7. The van der Waals surface area contributed by atoms with Gasteiger partial charge in [0.25, 0.3) is 0 Å². The molecule has 118 valence electrons. The van der Waals surface area contributed by atoms with Crippen molar-refractivity contribution >= 4 is 9.84 Å². The lowest BCUT2D eigenvalue weighted by Crippen LogP contribution is -2.45. The second-order valence-corrected chi connectivity index (χ2v) is 9.54. The van der Waals surface area contributed by atoms with E-state index in [0.717, 1.165) is 31.1 Å². The molecule has 20 heavy (non-hydrogen) atoms. The third-order valence-corrected chi connectivity index (χ3v) is 7.32. The Bertz CT molecular complexity index is 399. The molecule has 1 N–H and O–H groups in total. The van der Waals surface area contributed by atoms with Gasteiger partial charge in [-0.05, 0) is 56.9 Å². The van der Waals surface area contributed by atoms with Crippen molar-refractivity contribution in [1.82, 2.24) is 5.32 Å². The molecule has 0 spiro atoms.